The molecule has 0 atom stereocenters. The van der Waals surface area contributed by atoms with Crippen LogP contribution >= 0.6 is 0 Å². The van der Waals surface area contributed by atoms with Crippen LogP contribution in [-0.2, 0) is 13.0 Å². The fourth-order valence-electron chi connectivity index (χ4n) is 3.72. The zero-order valence-electron chi connectivity index (χ0n) is 14.1. The maximum atomic E-state index is 4.99. The Hall–Kier alpha value is -3.01. The molecule has 4 nitrogen and oxygen atoms in total. The van der Waals surface area contributed by atoms with E-state index >= 15 is 0 Å². The Morgan fingerprint density at radius 1 is 0.920 bits per heavy atom. The molecule has 0 saturated heterocycles. The highest BCUT2D eigenvalue weighted by Crippen LogP contribution is 2.36. The summed E-state index contributed by atoms with van der Waals surface area (Å²) in [6, 6.07) is 14.9. The minimum absolute atomic E-state index is 0.920. The molecule has 0 aliphatic carbocycles. The summed E-state index contributed by atoms with van der Waals surface area (Å²) in [5, 5.41) is 0. The van der Waals surface area contributed by atoms with Gasteiger partial charge in [0.1, 0.15) is 5.82 Å². The third-order valence-corrected chi connectivity index (χ3v) is 4.86. The van der Waals surface area contributed by atoms with E-state index < -0.39 is 0 Å². The smallest absolute Gasteiger partial charge is 0.109 e. The van der Waals surface area contributed by atoms with Gasteiger partial charge in [0.25, 0.3) is 0 Å². The number of aromatic nitrogens is 4. The van der Waals surface area contributed by atoms with Crippen molar-refractivity contribution in [2.45, 2.75) is 26.3 Å². The number of benzene rings is 2. The summed E-state index contributed by atoms with van der Waals surface area (Å²) in [6.07, 6.45) is 5.69. The number of hydrogen-bond donors (Lipinski definition) is 0. The standard InChI is InChI=1S/C21H18N4/c1-14-4-2-5-15(12-14)20-21(25-11-3-6-19(25)24-20)16-7-8-17-18(13-16)23-10-9-22-17/h2,4-5,7-10,12-13H,3,6,11H2,1H3. The van der Waals surface area contributed by atoms with Crippen molar-refractivity contribution in [2.75, 3.05) is 0 Å². The van der Waals surface area contributed by atoms with Gasteiger partial charge >= 0.3 is 0 Å². The van der Waals surface area contributed by atoms with Crippen molar-refractivity contribution in [2.24, 2.45) is 0 Å². The summed E-state index contributed by atoms with van der Waals surface area (Å²) in [6.45, 7) is 3.15. The second-order valence-electron chi connectivity index (χ2n) is 6.61. The molecular formula is C21H18N4. The monoisotopic (exact) mass is 326 g/mol. The van der Waals surface area contributed by atoms with E-state index in [1.54, 1.807) is 12.4 Å². The van der Waals surface area contributed by atoms with Crippen molar-refractivity contribution in [3.63, 3.8) is 0 Å². The molecule has 4 aromatic rings. The lowest BCUT2D eigenvalue weighted by molar-refractivity contribution is 0.756. The number of rotatable bonds is 2. The molecule has 0 amide bonds. The number of hydrogen-bond acceptors (Lipinski definition) is 3. The zero-order valence-corrected chi connectivity index (χ0v) is 14.1. The Morgan fingerprint density at radius 2 is 1.80 bits per heavy atom. The molecule has 25 heavy (non-hydrogen) atoms. The quantitative estimate of drug-likeness (QED) is 0.548. The van der Waals surface area contributed by atoms with Crippen molar-refractivity contribution >= 4 is 11.0 Å². The second kappa shape index (κ2) is 5.52. The summed E-state index contributed by atoms with van der Waals surface area (Å²) in [4.78, 5) is 13.8. The Morgan fingerprint density at radius 3 is 2.68 bits per heavy atom. The number of aryl methyl sites for hydroxylation is 2. The molecular weight excluding hydrogens is 308 g/mol. The van der Waals surface area contributed by atoms with E-state index in [4.69, 9.17) is 4.98 Å². The molecule has 0 saturated carbocycles. The van der Waals surface area contributed by atoms with Gasteiger partial charge in [0.2, 0.25) is 0 Å². The van der Waals surface area contributed by atoms with Crippen LogP contribution < -0.4 is 0 Å². The normalized spacial score (nSPS) is 13.3. The third kappa shape index (κ3) is 2.33. The molecule has 3 heterocycles. The number of imidazole rings is 1. The van der Waals surface area contributed by atoms with E-state index in [2.05, 4.69) is 57.9 Å². The van der Waals surface area contributed by atoms with Gasteiger partial charge in [0.05, 0.1) is 22.4 Å². The van der Waals surface area contributed by atoms with Gasteiger partial charge in [-0.1, -0.05) is 29.8 Å². The maximum absolute atomic E-state index is 4.99. The highest BCUT2D eigenvalue weighted by Gasteiger charge is 2.23. The second-order valence-corrected chi connectivity index (χ2v) is 6.61. The predicted octanol–water partition coefficient (Wildman–Crippen LogP) is 4.41. The van der Waals surface area contributed by atoms with Gasteiger partial charge in [0.15, 0.2) is 0 Å². The predicted molar refractivity (Wildman–Crippen MR) is 99.3 cm³/mol. The first-order valence-electron chi connectivity index (χ1n) is 8.67. The first-order valence-corrected chi connectivity index (χ1v) is 8.67. The van der Waals surface area contributed by atoms with Crippen molar-refractivity contribution in [1.82, 2.24) is 19.5 Å². The van der Waals surface area contributed by atoms with Crippen LogP contribution in [0.3, 0.4) is 0 Å². The molecule has 4 heteroatoms. The fraction of sp³-hybridized carbons (Fsp3) is 0.190. The van der Waals surface area contributed by atoms with E-state index in [-0.39, 0.29) is 0 Å². The lowest BCUT2D eigenvalue weighted by Gasteiger charge is -2.10. The Kier molecular flexibility index (Phi) is 3.17. The SMILES string of the molecule is Cc1cccc(-c2nc3n(c2-c2ccc4nccnc4c2)CCC3)c1. The van der Waals surface area contributed by atoms with Crippen LogP contribution in [0, 0.1) is 6.92 Å². The molecule has 5 rings (SSSR count). The molecule has 1 aliphatic heterocycles. The lowest BCUT2D eigenvalue weighted by atomic mass is 10.0. The van der Waals surface area contributed by atoms with Crippen molar-refractivity contribution in [1.29, 1.82) is 0 Å². The highest BCUT2D eigenvalue weighted by atomic mass is 15.1. The Labute approximate surface area is 146 Å². The van der Waals surface area contributed by atoms with Gasteiger partial charge < -0.3 is 4.57 Å². The van der Waals surface area contributed by atoms with Gasteiger partial charge in [-0.15, -0.1) is 0 Å². The van der Waals surface area contributed by atoms with Crippen LogP contribution in [0.15, 0.2) is 54.9 Å². The van der Waals surface area contributed by atoms with Crippen LogP contribution in [0.5, 0.6) is 0 Å². The minimum atomic E-state index is 0.920. The molecule has 2 aromatic carbocycles. The van der Waals surface area contributed by atoms with Crippen LogP contribution in [0.4, 0.5) is 0 Å². The molecule has 0 fully saturated rings. The Balaban J connectivity index is 1.76. The first-order chi connectivity index (χ1) is 12.3. The largest absolute Gasteiger partial charge is 0.327 e. The fourth-order valence-corrected chi connectivity index (χ4v) is 3.72. The van der Waals surface area contributed by atoms with E-state index in [9.17, 15) is 0 Å². The first kappa shape index (κ1) is 14.3. The average Bonchev–Trinajstić information content (AvgIpc) is 3.22. The van der Waals surface area contributed by atoms with Crippen LogP contribution in [0.2, 0.25) is 0 Å². The average molecular weight is 326 g/mol. The summed E-state index contributed by atoms with van der Waals surface area (Å²) in [5.41, 5.74) is 7.70. The van der Waals surface area contributed by atoms with E-state index in [1.165, 1.54) is 22.6 Å². The molecule has 0 radical (unpaired) electrons. The van der Waals surface area contributed by atoms with Crippen molar-refractivity contribution < 1.29 is 0 Å². The van der Waals surface area contributed by atoms with E-state index in [0.29, 0.717) is 0 Å². The number of fused-ring (bicyclic) bond motifs is 2. The van der Waals surface area contributed by atoms with Gasteiger partial charge in [0, 0.05) is 36.5 Å². The lowest BCUT2D eigenvalue weighted by Crippen LogP contribution is -1.97. The van der Waals surface area contributed by atoms with Gasteiger partial charge in [-0.2, -0.15) is 0 Å². The van der Waals surface area contributed by atoms with Gasteiger partial charge in [-0.05, 0) is 31.5 Å². The molecule has 0 bridgehead atoms. The highest BCUT2D eigenvalue weighted by molar-refractivity contribution is 5.85. The van der Waals surface area contributed by atoms with Crippen molar-refractivity contribution in [3.05, 3.63) is 66.2 Å². The Bertz CT molecular complexity index is 1090. The van der Waals surface area contributed by atoms with Gasteiger partial charge in [-0.25, -0.2) is 4.98 Å². The third-order valence-electron chi connectivity index (χ3n) is 4.86. The molecule has 0 N–H and O–H groups in total. The molecule has 1 aliphatic rings. The molecule has 0 spiro atoms. The minimum Gasteiger partial charge on any atom is -0.327 e. The number of nitrogens with zero attached hydrogens (tertiary/aromatic N) is 4. The van der Waals surface area contributed by atoms with Crippen LogP contribution in [-0.4, -0.2) is 19.5 Å². The molecule has 2 aromatic heterocycles. The van der Waals surface area contributed by atoms with E-state index in [1.807, 2.05) is 6.07 Å². The summed E-state index contributed by atoms with van der Waals surface area (Å²) >= 11 is 0. The van der Waals surface area contributed by atoms with Crippen molar-refractivity contribution in [3.8, 4) is 22.5 Å². The van der Waals surface area contributed by atoms with Gasteiger partial charge in [-0.3, -0.25) is 9.97 Å². The maximum Gasteiger partial charge on any atom is 0.109 e. The molecule has 122 valence electrons. The van der Waals surface area contributed by atoms with Crippen LogP contribution in [0.1, 0.15) is 17.8 Å². The summed E-state index contributed by atoms with van der Waals surface area (Å²) in [7, 11) is 0. The molecule has 0 unspecified atom stereocenters. The summed E-state index contributed by atoms with van der Waals surface area (Å²) < 4.78 is 2.37. The topological polar surface area (TPSA) is 43.6 Å². The van der Waals surface area contributed by atoms with Crippen LogP contribution in [0.25, 0.3) is 33.5 Å². The summed E-state index contributed by atoms with van der Waals surface area (Å²) in [5.74, 6) is 1.19. The zero-order chi connectivity index (χ0) is 16.8. The van der Waals surface area contributed by atoms with E-state index in [0.717, 1.165) is 41.7 Å².